The molecule has 156 valence electrons. The van der Waals surface area contributed by atoms with E-state index in [1.54, 1.807) is 6.92 Å². The Morgan fingerprint density at radius 1 is 1.14 bits per heavy atom. The first kappa shape index (κ1) is 21.3. The topological polar surface area (TPSA) is 56.4 Å². The summed E-state index contributed by atoms with van der Waals surface area (Å²) in [6, 6.07) is -0.152. The molecular formula is C23H37N3O2. The van der Waals surface area contributed by atoms with E-state index in [4.69, 9.17) is 0 Å². The number of H-pyrrole nitrogens is 1. The smallest absolute Gasteiger partial charge is 0.196 e. The second-order valence-electron chi connectivity index (χ2n) is 9.21. The molecule has 1 aromatic heterocycles. The van der Waals surface area contributed by atoms with Crippen LogP contribution in [-0.2, 0) is 0 Å². The van der Waals surface area contributed by atoms with Gasteiger partial charge >= 0.3 is 0 Å². The summed E-state index contributed by atoms with van der Waals surface area (Å²) in [6.45, 7) is 15.3. The molecule has 0 aliphatic carbocycles. The Labute approximate surface area is 169 Å². The average molecular weight is 388 g/mol. The monoisotopic (exact) mass is 387 g/mol. The van der Waals surface area contributed by atoms with E-state index >= 15 is 0 Å². The number of aromatic amines is 1. The van der Waals surface area contributed by atoms with Crippen molar-refractivity contribution in [1.82, 2.24) is 14.8 Å². The third kappa shape index (κ3) is 4.57. The van der Waals surface area contributed by atoms with Gasteiger partial charge in [-0.3, -0.25) is 14.5 Å². The highest BCUT2D eigenvalue weighted by Crippen LogP contribution is 2.25. The molecule has 0 aromatic carbocycles. The second-order valence-corrected chi connectivity index (χ2v) is 9.21. The summed E-state index contributed by atoms with van der Waals surface area (Å²) < 4.78 is 0. The summed E-state index contributed by atoms with van der Waals surface area (Å²) in [4.78, 5) is 33.3. The van der Waals surface area contributed by atoms with E-state index in [1.165, 1.54) is 38.9 Å². The minimum Gasteiger partial charge on any atom is -0.355 e. The van der Waals surface area contributed by atoms with Crippen LogP contribution < -0.4 is 0 Å². The number of piperidine rings is 2. The van der Waals surface area contributed by atoms with E-state index in [9.17, 15) is 9.59 Å². The van der Waals surface area contributed by atoms with E-state index < -0.39 is 0 Å². The Balaban J connectivity index is 1.63. The molecule has 0 saturated carbocycles. The SMILES string of the molecule is CC(=O)c1c(C)[nH]c(C(=O)C(C)N2CCCC(CN3CCC(C)CC3)C2)c1C. The highest BCUT2D eigenvalue weighted by atomic mass is 16.1. The fourth-order valence-electron chi connectivity index (χ4n) is 5.11. The van der Waals surface area contributed by atoms with Crippen LogP contribution in [0, 0.1) is 25.7 Å². The number of aryl methyl sites for hydroxylation is 1. The predicted octanol–water partition coefficient (Wildman–Crippen LogP) is 3.85. The fourth-order valence-corrected chi connectivity index (χ4v) is 5.11. The second kappa shape index (κ2) is 8.91. The van der Waals surface area contributed by atoms with Gasteiger partial charge in [0.1, 0.15) is 0 Å². The van der Waals surface area contributed by atoms with Gasteiger partial charge in [0.2, 0.25) is 0 Å². The molecule has 0 spiro atoms. The number of hydrogen-bond donors (Lipinski definition) is 1. The van der Waals surface area contributed by atoms with Crippen LogP contribution in [-0.4, -0.2) is 65.1 Å². The van der Waals surface area contributed by atoms with Crippen molar-refractivity contribution in [1.29, 1.82) is 0 Å². The standard InChI is InChI=1S/C23H37N3O2/c1-15-8-11-25(12-9-15)13-20-7-6-10-26(14-20)18(4)23(28)22-16(2)21(19(5)27)17(3)24-22/h15,18,20,24H,6-14H2,1-5H3. The molecule has 3 rings (SSSR count). The van der Waals surface area contributed by atoms with E-state index in [2.05, 4.69) is 21.7 Å². The Kier molecular flexibility index (Phi) is 6.77. The molecule has 5 heteroatoms. The average Bonchev–Trinajstić information content (AvgIpc) is 2.97. The molecule has 3 heterocycles. The molecule has 1 N–H and O–H groups in total. The molecule has 0 radical (unpaired) electrons. The number of carbonyl (C=O) groups excluding carboxylic acids is 2. The van der Waals surface area contributed by atoms with E-state index in [1.807, 2.05) is 20.8 Å². The maximum Gasteiger partial charge on any atom is 0.196 e. The quantitative estimate of drug-likeness (QED) is 0.753. The Morgan fingerprint density at radius 2 is 1.82 bits per heavy atom. The van der Waals surface area contributed by atoms with Gasteiger partial charge in [-0.1, -0.05) is 6.92 Å². The zero-order valence-electron chi connectivity index (χ0n) is 18.3. The first-order valence-corrected chi connectivity index (χ1v) is 11.0. The van der Waals surface area contributed by atoms with E-state index in [0.29, 0.717) is 17.2 Å². The summed E-state index contributed by atoms with van der Waals surface area (Å²) in [5, 5.41) is 0. The highest BCUT2D eigenvalue weighted by molar-refractivity contribution is 6.05. The number of likely N-dealkylation sites (tertiary alicyclic amines) is 2. The van der Waals surface area contributed by atoms with Crippen molar-refractivity contribution >= 4 is 11.6 Å². The molecule has 2 saturated heterocycles. The van der Waals surface area contributed by atoms with Crippen LogP contribution in [0.3, 0.4) is 0 Å². The number of Topliss-reactive ketones (excluding diaryl/α,β-unsaturated/α-hetero) is 2. The highest BCUT2D eigenvalue weighted by Gasteiger charge is 2.31. The lowest BCUT2D eigenvalue weighted by molar-refractivity contribution is 0.0673. The lowest BCUT2D eigenvalue weighted by Gasteiger charge is -2.39. The van der Waals surface area contributed by atoms with Crippen LogP contribution in [0.2, 0.25) is 0 Å². The minimum atomic E-state index is -0.152. The molecule has 28 heavy (non-hydrogen) atoms. The number of nitrogens with one attached hydrogen (secondary N) is 1. The zero-order valence-corrected chi connectivity index (χ0v) is 18.3. The largest absolute Gasteiger partial charge is 0.355 e. The van der Waals surface area contributed by atoms with Crippen LogP contribution >= 0.6 is 0 Å². The molecule has 5 nitrogen and oxygen atoms in total. The first-order chi connectivity index (χ1) is 13.3. The lowest BCUT2D eigenvalue weighted by Crippen LogP contribution is -2.48. The summed E-state index contributed by atoms with van der Waals surface area (Å²) >= 11 is 0. The predicted molar refractivity (Wildman–Crippen MR) is 113 cm³/mol. The van der Waals surface area contributed by atoms with Crippen molar-refractivity contribution in [3.63, 3.8) is 0 Å². The maximum atomic E-state index is 13.2. The van der Waals surface area contributed by atoms with Gasteiger partial charge in [-0.2, -0.15) is 0 Å². The van der Waals surface area contributed by atoms with Crippen molar-refractivity contribution in [3.8, 4) is 0 Å². The van der Waals surface area contributed by atoms with Gasteiger partial charge in [-0.05, 0) is 90.4 Å². The van der Waals surface area contributed by atoms with Crippen molar-refractivity contribution in [3.05, 3.63) is 22.5 Å². The van der Waals surface area contributed by atoms with E-state index in [-0.39, 0.29) is 17.6 Å². The van der Waals surface area contributed by atoms with Crippen molar-refractivity contribution in [2.75, 3.05) is 32.7 Å². The number of hydrogen-bond acceptors (Lipinski definition) is 4. The summed E-state index contributed by atoms with van der Waals surface area (Å²) in [7, 11) is 0. The molecule has 1 aromatic rings. The van der Waals surface area contributed by atoms with Crippen LogP contribution in [0.4, 0.5) is 0 Å². The molecule has 0 bridgehead atoms. The normalized spacial score (nSPS) is 23.7. The number of nitrogens with zero attached hydrogens (tertiary/aromatic N) is 2. The van der Waals surface area contributed by atoms with Crippen LogP contribution in [0.1, 0.15) is 78.6 Å². The molecule has 2 aliphatic heterocycles. The number of ketones is 2. The molecule has 2 aliphatic rings. The molecule has 2 unspecified atom stereocenters. The third-order valence-electron chi connectivity index (χ3n) is 6.91. The summed E-state index contributed by atoms with van der Waals surface area (Å²) in [5.41, 5.74) is 2.89. The Morgan fingerprint density at radius 3 is 2.43 bits per heavy atom. The number of aromatic nitrogens is 1. The third-order valence-corrected chi connectivity index (χ3v) is 6.91. The minimum absolute atomic E-state index is 0.0202. The van der Waals surface area contributed by atoms with Crippen molar-refractivity contribution in [2.45, 2.75) is 66.3 Å². The molecule has 2 fully saturated rings. The van der Waals surface area contributed by atoms with Gasteiger partial charge in [-0.25, -0.2) is 0 Å². The van der Waals surface area contributed by atoms with Crippen molar-refractivity contribution < 1.29 is 9.59 Å². The van der Waals surface area contributed by atoms with Crippen LogP contribution in [0.15, 0.2) is 0 Å². The number of carbonyl (C=O) groups is 2. The van der Waals surface area contributed by atoms with Crippen molar-refractivity contribution in [2.24, 2.45) is 11.8 Å². The Bertz CT molecular complexity index is 716. The first-order valence-electron chi connectivity index (χ1n) is 11.0. The molecular weight excluding hydrogens is 350 g/mol. The zero-order chi connectivity index (χ0) is 20.4. The van der Waals surface area contributed by atoms with Crippen LogP contribution in [0.25, 0.3) is 0 Å². The van der Waals surface area contributed by atoms with Gasteiger partial charge in [0.15, 0.2) is 11.6 Å². The summed E-state index contributed by atoms with van der Waals surface area (Å²) in [5.74, 6) is 1.65. The maximum absolute atomic E-state index is 13.2. The Hall–Kier alpha value is -1.46. The molecule has 2 atom stereocenters. The molecule has 0 amide bonds. The lowest BCUT2D eigenvalue weighted by atomic mass is 9.93. The number of rotatable bonds is 6. The van der Waals surface area contributed by atoms with Gasteiger partial charge in [0.05, 0.1) is 11.7 Å². The van der Waals surface area contributed by atoms with Gasteiger partial charge in [-0.15, -0.1) is 0 Å². The van der Waals surface area contributed by atoms with Gasteiger partial charge in [0.25, 0.3) is 0 Å². The van der Waals surface area contributed by atoms with Gasteiger partial charge < -0.3 is 9.88 Å². The van der Waals surface area contributed by atoms with Crippen LogP contribution in [0.5, 0.6) is 0 Å². The van der Waals surface area contributed by atoms with Gasteiger partial charge in [0, 0.05) is 24.3 Å². The fraction of sp³-hybridized carbons (Fsp3) is 0.739. The summed E-state index contributed by atoms with van der Waals surface area (Å²) in [6.07, 6.45) is 5.05. The van der Waals surface area contributed by atoms with E-state index in [0.717, 1.165) is 36.7 Å².